The zero-order valence-electron chi connectivity index (χ0n) is 13.8. The Kier molecular flexibility index (Phi) is 7.50. The number of hydrogen-bond acceptors (Lipinski definition) is 5. The number of carbonyl (C=O) groups excluding carboxylic acids is 1. The van der Waals surface area contributed by atoms with Crippen LogP contribution in [0.4, 0.5) is 0 Å². The molecule has 24 heavy (non-hydrogen) atoms. The number of hydrogen-bond donors (Lipinski definition) is 2. The van der Waals surface area contributed by atoms with Gasteiger partial charge < -0.3 is 20.5 Å². The lowest BCUT2D eigenvalue weighted by molar-refractivity contribution is -0.142. The van der Waals surface area contributed by atoms with Crippen LogP contribution in [0.25, 0.3) is 0 Å². The summed E-state index contributed by atoms with van der Waals surface area (Å²) in [6.07, 6.45) is 3.74. The number of ether oxygens (including phenoxy) is 1. The summed E-state index contributed by atoms with van der Waals surface area (Å²) in [6.45, 7) is 1.70. The number of amides is 1. The first-order chi connectivity index (χ1) is 11.1. The van der Waals surface area contributed by atoms with E-state index in [1.54, 1.807) is 11.3 Å². The van der Waals surface area contributed by atoms with Gasteiger partial charge in [0.1, 0.15) is 0 Å². The molecule has 0 aromatic carbocycles. The van der Waals surface area contributed by atoms with E-state index in [-0.39, 0.29) is 30.4 Å². The molecule has 1 saturated heterocycles. The van der Waals surface area contributed by atoms with Crippen LogP contribution in [0.15, 0.2) is 17.5 Å². The minimum Gasteiger partial charge on any atom is -0.387 e. The third-order valence-electron chi connectivity index (χ3n) is 5.07. The fraction of sp³-hybridized carbons (Fsp3) is 0.706. The number of halogens is 1. The largest absolute Gasteiger partial charge is 0.387 e. The minimum absolute atomic E-state index is 0. The van der Waals surface area contributed by atoms with Crippen molar-refractivity contribution in [3.8, 4) is 0 Å². The third-order valence-corrected chi connectivity index (χ3v) is 6.04. The molecule has 2 fully saturated rings. The van der Waals surface area contributed by atoms with Gasteiger partial charge in [-0.1, -0.05) is 12.5 Å². The van der Waals surface area contributed by atoms with E-state index < -0.39 is 6.10 Å². The van der Waals surface area contributed by atoms with Gasteiger partial charge in [-0.2, -0.15) is 0 Å². The van der Waals surface area contributed by atoms with Crippen molar-refractivity contribution in [2.75, 3.05) is 19.8 Å². The van der Waals surface area contributed by atoms with E-state index in [0.29, 0.717) is 38.5 Å². The standard InChI is InChI=1S/C17H26N2O3S.ClH/c18-14-4-1-3-12(14)9-17(21)19-6-7-22-11-13(19)10-15(20)16-5-2-8-23-16;/h2,5,8,12-15,20H,1,3-4,6-7,9-11,18H2;1H/t12-,13?,14+,15?;/m0./s1. The highest BCUT2D eigenvalue weighted by molar-refractivity contribution is 7.10. The van der Waals surface area contributed by atoms with Gasteiger partial charge in [-0.05, 0) is 30.2 Å². The third kappa shape index (κ3) is 4.70. The van der Waals surface area contributed by atoms with Crippen LogP contribution in [-0.4, -0.2) is 47.8 Å². The molecule has 0 radical (unpaired) electrons. The molecule has 3 rings (SSSR count). The molecule has 1 aromatic rings. The molecular formula is C17H27ClN2O3S. The quantitative estimate of drug-likeness (QED) is 0.829. The van der Waals surface area contributed by atoms with Crippen molar-refractivity contribution in [3.63, 3.8) is 0 Å². The lowest BCUT2D eigenvalue weighted by Gasteiger charge is -2.37. The van der Waals surface area contributed by atoms with Crippen LogP contribution in [0.5, 0.6) is 0 Å². The van der Waals surface area contributed by atoms with E-state index in [4.69, 9.17) is 10.5 Å². The van der Waals surface area contributed by atoms with Crippen LogP contribution in [0.1, 0.15) is 43.1 Å². The molecule has 4 atom stereocenters. The van der Waals surface area contributed by atoms with E-state index in [2.05, 4.69) is 0 Å². The fourth-order valence-corrected chi connectivity index (χ4v) is 4.42. The first kappa shape index (κ1) is 19.7. The molecule has 2 unspecified atom stereocenters. The molecule has 136 valence electrons. The second kappa shape index (κ2) is 9.15. The van der Waals surface area contributed by atoms with Gasteiger partial charge in [-0.25, -0.2) is 0 Å². The summed E-state index contributed by atoms with van der Waals surface area (Å²) in [7, 11) is 0. The predicted molar refractivity (Wildman–Crippen MR) is 97.4 cm³/mol. The van der Waals surface area contributed by atoms with E-state index in [9.17, 15) is 9.90 Å². The summed E-state index contributed by atoms with van der Waals surface area (Å²) in [6, 6.07) is 3.98. The van der Waals surface area contributed by atoms with Gasteiger partial charge in [0.2, 0.25) is 5.91 Å². The molecule has 1 amide bonds. The van der Waals surface area contributed by atoms with Crippen molar-refractivity contribution < 1.29 is 14.6 Å². The van der Waals surface area contributed by atoms with E-state index in [1.807, 2.05) is 22.4 Å². The maximum absolute atomic E-state index is 12.7. The summed E-state index contributed by atoms with van der Waals surface area (Å²) >= 11 is 1.54. The molecule has 1 aromatic heterocycles. The Morgan fingerprint density at radius 3 is 3.00 bits per heavy atom. The molecular weight excluding hydrogens is 348 g/mol. The molecule has 2 aliphatic rings. The Morgan fingerprint density at radius 1 is 1.50 bits per heavy atom. The number of aliphatic hydroxyl groups excluding tert-OH is 1. The Balaban J connectivity index is 0.00000208. The number of rotatable bonds is 5. The molecule has 1 aliphatic heterocycles. The summed E-state index contributed by atoms with van der Waals surface area (Å²) in [5.41, 5.74) is 6.10. The molecule has 3 N–H and O–H groups in total. The molecule has 1 saturated carbocycles. The van der Waals surface area contributed by atoms with Crippen LogP contribution in [-0.2, 0) is 9.53 Å². The zero-order chi connectivity index (χ0) is 16.2. The van der Waals surface area contributed by atoms with Crippen molar-refractivity contribution in [1.29, 1.82) is 0 Å². The lowest BCUT2D eigenvalue weighted by atomic mass is 9.98. The Hall–Kier alpha value is -0.660. The second-order valence-corrected chi connectivity index (χ2v) is 7.62. The van der Waals surface area contributed by atoms with Gasteiger partial charge in [0.05, 0.1) is 25.4 Å². The summed E-state index contributed by atoms with van der Waals surface area (Å²) < 4.78 is 5.55. The topological polar surface area (TPSA) is 75.8 Å². The van der Waals surface area contributed by atoms with E-state index in [0.717, 1.165) is 24.1 Å². The van der Waals surface area contributed by atoms with Gasteiger partial charge >= 0.3 is 0 Å². The van der Waals surface area contributed by atoms with Crippen LogP contribution in [0.3, 0.4) is 0 Å². The molecule has 2 heterocycles. The Bertz CT molecular complexity index is 514. The number of nitrogens with two attached hydrogens (primary N) is 1. The average molecular weight is 375 g/mol. The van der Waals surface area contributed by atoms with Crippen molar-refractivity contribution in [2.24, 2.45) is 11.7 Å². The molecule has 5 nitrogen and oxygen atoms in total. The lowest BCUT2D eigenvalue weighted by Crippen LogP contribution is -2.50. The molecule has 0 spiro atoms. The molecule has 7 heteroatoms. The second-order valence-electron chi connectivity index (χ2n) is 6.64. The highest BCUT2D eigenvalue weighted by Crippen LogP contribution is 2.30. The SMILES string of the molecule is Cl.N[C@@H]1CCC[C@H]1CC(=O)N1CCOCC1CC(O)c1cccs1. The van der Waals surface area contributed by atoms with Gasteiger partial charge in [0, 0.05) is 30.3 Å². The first-order valence-corrected chi connectivity index (χ1v) is 9.37. The van der Waals surface area contributed by atoms with Gasteiger partial charge in [0.15, 0.2) is 0 Å². The van der Waals surface area contributed by atoms with Crippen molar-refractivity contribution in [3.05, 3.63) is 22.4 Å². The average Bonchev–Trinajstić information content (AvgIpc) is 3.20. The smallest absolute Gasteiger partial charge is 0.223 e. The van der Waals surface area contributed by atoms with Crippen molar-refractivity contribution in [2.45, 2.75) is 50.3 Å². The minimum atomic E-state index is -0.536. The number of thiophene rings is 1. The van der Waals surface area contributed by atoms with E-state index >= 15 is 0 Å². The van der Waals surface area contributed by atoms with Crippen LogP contribution in [0, 0.1) is 5.92 Å². The van der Waals surface area contributed by atoms with Gasteiger partial charge in [-0.3, -0.25) is 4.79 Å². The van der Waals surface area contributed by atoms with Crippen molar-refractivity contribution in [1.82, 2.24) is 4.90 Å². The molecule has 0 bridgehead atoms. The first-order valence-electron chi connectivity index (χ1n) is 8.49. The van der Waals surface area contributed by atoms with Crippen LogP contribution < -0.4 is 5.73 Å². The van der Waals surface area contributed by atoms with Crippen LogP contribution >= 0.6 is 23.7 Å². The molecule has 1 aliphatic carbocycles. The predicted octanol–water partition coefficient (Wildman–Crippen LogP) is 2.34. The summed E-state index contributed by atoms with van der Waals surface area (Å²) in [4.78, 5) is 15.6. The maximum Gasteiger partial charge on any atom is 0.223 e. The van der Waals surface area contributed by atoms with Crippen molar-refractivity contribution >= 4 is 29.7 Å². The Labute approximate surface area is 153 Å². The zero-order valence-corrected chi connectivity index (χ0v) is 15.4. The normalized spacial score (nSPS) is 28.4. The number of aliphatic hydroxyl groups is 1. The van der Waals surface area contributed by atoms with Gasteiger partial charge in [-0.15, -0.1) is 23.7 Å². The van der Waals surface area contributed by atoms with Crippen LogP contribution in [0.2, 0.25) is 0 Å². The maximum atomic E-state index is 12.7. The summed E-state index contributed by atoms with van der Waals surface area (Å²) in [5, 5.41) is 12.3. The number of morpholine rings is 1. The monoisotopic (exact) mass is 374 g/mol. The number of carbonyl (C=O) groups is 1. The highest BCUT2D eigenvalue weighted by Gasteiger charge is 2.33. The number of nitrogens with zero attached hydrogens (tertiary/aromatic N) is 1. The summed E-state index contributed by atoms with van der Waals surface area (Å²) in [5.74, 6) is 0.479. The fourth-order valence-electron chi connectivity index (χ4n) is 3.69. The highest BCUT2D eigenvalue weighted by atomic mass is 35.5. The van der Waals surface area contributed by atoms with Gasteiger partial charge in [0.25, 0.3) is 0 Å². The van der Waals surface area contributed by atoms with E-state index in [1.165, 1.54) is 0 Å². The Morgan fingerprint density at radius 2 is 2.33 bits per heavy atom.